The van der Waals surface area contributed by atoms with Crippen LogP contribution in [0.5, 0.6) is 0 Å². The van der Waals surface area contributed by atoms with Gasteiger partial charge in [-0.3, -0.25) is 4.79 Å². The van der Waals surface area contributed by atoms with Gasteiger partial charge < -0.3 is 5.32 Å². The predicted octanol–water partition coefficient (Wildman–Crippen LogP) is 5.91. The molecule has 0 atom stereocenters. The number of benzene rings is 2. The van der Waals surface area contributed by atoms with Crippen LogP contribution in [0.25, 0.3) is 0 Å². The molecule has 1 amide bonds. The predicted molar refractivity (Wildman–Crippen MR) is 86.2 cm³/mol. The lowest BCUT2D eigenvalue weighted by Gasteiger charge is -2.10. The molecule has 2 aromatic rings. The van der Waals surface area contributed by atoms with E-state index in [0.29, 0.717) is 25.2 Å². The van der Waals surface area contributed by atoms with Crippen molar-refractivity contribution in [3.05, 3.63) is 60.7 Å². The fourth-order valence-electron chi connectivity index (χ4n) is 1.48. The molecule has 2 nitrogen and oxygen atoms in total. The van der Waals surface area contributed by atoms with E-state index in [1.165, 1.54) is 12.1 Å². The molecule has 7 heteroatoms. The highest BCUT2D eigenvalue weighted by Gasteiger charge is 2.13. The first-order chi connectivity index (χ1) is 9.38. The van der Waals surface area contributed by atoms with Gasteiger partial charge in [0, 0.05) is 14.5 Å². The molecule has 0 spiro atoms. The van der Waals surface area contributed by atoms with Gasteiger partial charge in [-0.1, -0.05) is 23.2 Å². The summed E-state index contributed by atoms with van der Waals surface area (Å²) < 4.78 is 14.2. The minimum Gasteiger partial charge on any atom is -0.320 e. The standard InChI is InChI=1S/C13H6Br2Cl2FNO/c14-8-2-1-6(3-10(8)16)13(20)19-12-9(15)4-7(18)5-11(12)17/h1-5H,(H,19,20). The van der Waals surface area contributed by atoms with Crippen molar-refractivity contribution in [3.63, 3.8) is 0 Å². The molecule has 0 fully saturated rings. The number of nitrogens with one attached hydrogen (secondary N) is 1. The summed E-state index contributed by atoms with van der Waals surface area (Å²) in [5, 5.41) is 3.13. The van der Waals surface area contributed by atoms with E-state index in [1.807, 2.05) is 0 Å². The number of halogens is 5. The highest BCUT2D eigenvalue weighted by molar-refractivity contribution is 9.11. The van der Waals surface area contributed by atoms with Crippen molar-refractivity contribution in [1.29, 1.82) is 0 Å². The van der Waals surface area contributed by atoms with Crippen LogP contribution in [0.15, 0.2) is 39.3 Å². The van der Waals surface area contributed by atoms with Gasteiger partial charge >= 0.3 is 0 Å². The van der Waals surface area contributed by atoms with Crippen molar-refractivity contribution >= 4 is 66.7 Å². The fourth-order valence-corrected chi connectivity index (χ4v) is 2.81. The minimum absolute atomic E-state index is 0.105. The Hall–Kier alpha value is -0.620. The van der Waals surface area contributed by atoms with Crippen LogP contribution in [0, 0.1) is 5.82 Å². The number of carbonyl (C=O) groups is 1. The first-order valence-electron chi connectivity index (χ1n) is 5.29. The normalized spacial score (nSPS) is 10.4. The molecular weight excluding hydrogens is 436 g/mol. The van der Waals surface area contributed by atoms with Gasteiger partial charge in [0.1, 0.15) is 5.82 Å². The Morgan fingerprint density at radius 3 is 2.35 bits per heavy atom. The third kappa shape index (κ3) is 3.52. The summed E-state index contributed by atoms with van der Waals surface area (Å²) in [4.78, 5) is 12.1. The number of carbonyl (C=O) groups excluding carboxylic acids is 1. The first-order valence-corrected chi connectivity index (χ1v) is 7.63. The largest absolute Gasteiger partial charge is 0.320 e. The van der Waals surface area contributed by atoms with Crippen molar-refractivity contribution in [1.82, 2.24) is 0 Å². The van der Waals surface area contributed by atoms with E-state index >= 15 is 0 Å². The van der Waals surface area contributed by atoms with Crippen molar-refractivity contribution < 1.29 is 9.18 Å². The quantitative estimate of drug-likeness (QED) is 0.616. The first kappa shape index (κ1) is 15.8. The maximum atomic E-state index is 13.1. The zero-order valence-corrected chi connectivity index (χ0v) is 14.4. The van der Waals surface area contributed by atoms with Crippen LogP contribution in [0.3, 0.4) is 0 Å². The Balaban J connectivity index is 2.30. The smallest absolute Gasteiger partial charge is 0.255 e. The molecule has 2 rings (SSSR count). The molecular formula is C13H6Br2Cl2FNO. The van der Waals surface area contributed by atoms with E-state index < -0.39 is 11.7 Å². The highest BCUT2D eigenvalue weighted by atomic mass is 79.9. The summed E-state index contributed by atoms with van der Waals surface area (Å²) in [7, 11) is 0. The minimum atomic E-state index is -0.494. The van der Waals surface area contributed by atoms with E-state index in [1.54, 1.807) is 12.1 Å². The fraction of sp³-hybridized carbons (Fsp3) is 0. The monoisotopic (exact) mass is 439 g/mol. The van der Waals surface area contributed by atoms with Crippen LogP contribution >= 0.6 is 55.1 Å². The molecule has 0 radical (unpaired) electrons. The summed E-state index contributed by atoms with van der Waals surface area (Å²) in [6.07, 6.45) is 0. The average molecular weight is 442 g/mol. The SMILES string of the molecule is O=C(Nc1c(Cl)cc(F)cc1Br)c1ccc(Br)c(Cl)c1. The van der Waals surface area contributed by atoms with E-state index in [9.17, 15) is 9.18 Å². The summed E-state index contributed by atoms with van der Waals surface area (Å²) in [5.74, 6) is -0.889. The van der Waals surface area contributed by atoms with Gasteiger partial charge in [0.25, 0.3) is 5.91 Å². The Bertz CT molecular complexity index is 671. The molecule has 2 aromatic carbocycles. The summed E-state index contributed by atoms with van der Waals surface area (Å²) in [6.45, 7) is 0. The van der Waals surface area contributed by atoms with Gasteiger partial charge in [0.15, 0.2) is 0 Å². The maximum absolute atomic E-state index is 13.1. The molecule has 0 heterocycles. The summed E-state index contributed by atoms with van der Waals surface area (Å²) in [6, 6.07) is 7.13. The summed E-state index contributed by atoms with van der Waals surface area (Å²) in [5.41, 5.74) is 0.669. The van der Waals surface area contributed by atoms with Gasteiger partial charge in [-0.25, -0.2) is 4.39 Å². The second kappa shape index (κ2) is 6.43. The van der Waals surface area contributed by atoms with Crippen LogP contribution < -0.4 is 5.32 Å². The molecule has 0 saturated heterocycles. The molecule has 1 N–H and O–H groups in total. The molecule has 0 aromatic heterocycles. The average Bonchev–Trinajstić information content (AvgIpc) is 2.36. The second-order valence-electron chi connectivity index (χ2n) is 3.83. The highest BCUT2D eigenvalue weighted by Crippen LogP contribution is 2.32. The lowest BCUT2D eigenvalue weighted by atomic mass is 10.2. The van der Waals surface area contributed by atoms with Crippen molar-refractivity contribution in [2.24, 2.45) is 0 Å². The number of amides is 1. The third-order valence-corrected chi connectivity index (χ3v) is 4.58. The van der Waals surface area contributed by atoms with Crippen LogP contribution in [-0.2, 0) is 0 Å². The molecule has 104 valence electrons. The van der Waals surface area contributed by atoms with Crippen LogP contribution in [-0.4, -0.2) is 5.91 Å². The van der Waals surface area contributed by atoms with E-state index in [2.05, 4.69) is 37.2 Å². The molecule has 0 bridgehead atoms. The second-order valence-corrected chi connectivity index (χ2v) is 6.35. The maximum Gasteiger partial charge on any atom is 0.255 e. The Labute approximate surface area is 141 Å². The van der Waals surface area contributed by atoms with E-state index in [0.717, 1.165) is 6.07 Å². The molecule has 0 aliphatic heterocycles. The summed E-state index contributed by atoms with van der Waals surface area (Å²) >= 11 is 18.2. The Morgan fingerprint density at radius 1 is 1.05 bits per heavy atom. The number of hydrogen-bond donors (Lipinski definition) is 1. The van der Waals surface area contributed by atoms with Crippen LogP contribution in [0.1, 0.15) is 10.4 Å². The lowest BCUT2D eigenvalue weighted by molar-refractivity contribution is 0.102. The van der Waals surface area contributed by atoms with E-state index in [4.69, 9.17) is 23.2 Å². The van der Waals surface area contributed by atoms with Gasteiger partial charge in [-0.05, 0) is 62.2 Å². The van der Waals surface area contributed by atoms with Crippen molar-refractivity contribution in [2.75, 3.05) is 5.32 Å². The zero-order chi connectivity index (χ0) is 14.9. The van der Waals surface area contributed by atoms with Crippen LogP contribution in [0.4, 0.5) is 10.1 Å². The number of rotatable bonds is 2. The molecule has 20 heavy (non-hydrogen) atoms. The molecule has 0 saturated carbocycles. The van der Waals surface area contributed by atoms with Crippen LogP contribution in [0.2, 0.25) is 10.0 Å². The molecule has 0 aliphatic carbocycles. The van der Waals surface area contributed by atoms with Crippen molar-refractivity contribution in [3.8, 4) is 0 Å². The topological polar surface area (TPSA) is 29.1 Å². The lowest BCUT2D eigenvalue weighted by Crippen LogP contribution is -2.12. The van der Waals surface area contributed by atoms with Gasteiger partial charge in [0.05, 0.1) is 15.7 Å². The van der Waals surface area contributed by atoms with Gasteiger partial charge in [-0.2, -0.15) is 0 Å². The number of hydrogen-bond acceptors (Lipinski definition) is 1. The Kier molecular flexibility index (Phi) is 5.07. The van der Waals surface area contributed by atoms with Crippen molar-refractivity contribution in [2.45, 2.75) is 0 Å². The van der Waals surface area contributed by atoms with E-state index in [-0.39, 0.29) is 5.02 Å². The molecule has 0 unspecified atom stereocenters. The zero-order valence-electron chi connectivity index (χ0n) is 9.68. The third-order valence-electron chi connectivity index (χ3n) is 2.43. The van der Waals surface area contributed by atoms with Gasteiger partial charge in [-0.15, -0.1) is 0 Å². The van der Waals surface area contributed by atoms with Gasteiger partial charge in [0.2, 0.25) is 0 Å². The Morgan fingerprint density at radius 2 is 1.75 bits per heavy atom. The number of anilines is 1. The molecule has 0 aliphatic rings.